The summed E-state index contributed by atoms with van der Waals surface area (Å²) in [6.07, 6.45) is 9.64. The lowest BCUT2D eigenvalue weighted by atomic mass is 9.76. The highest BCUT2D eigenvalue weighted by atomic mass is 28.4. The van der Waals surface area contributed by atoms with E-state index in [1.807, 2.05) is 14.2 Å². The van der Waals surface area contributed by atoms with Gasteiger partial charge in [0.1, 0.15) is 0 Å². The second-order valence-electron chi connectivity index (χ2n) is 7.67. The SMILES string of the molecule is CO[Si](OC)(N1CCC(C)CC1)N1CCC2CCCCC2C1. The van der Waals surface area contributed by atoms with Crippen LogP contribution in [0.5, 0.6) is 0 Å². The van der Waals surface area contributed by atoms with Crippen LogP contribution in [0.15, 0.2) is 0 Å². The molecule has 1 aliphatic carbocycles. The van der Waals surface area contributed by atoms with Crippen LogP contribution < -0.4 is 0 Å². The summed E-state index contributed by atoms with van der Waals surface area (Å²) in [4.78, 5) is 0. The first kappa shape index (κ1) is 16.9. The lowest BCUT2D eigenvalue weighted by Gasteiger charge is -2.51. The Bertz CT molecular complexity index is 357. The van der Waals surface area contributed by atoms with Crippen molar-refractivity contribution in [2.75, 3.05) is 40.4 Å². The summed E-state index contributed by atoms with van der Waals surface area (Å²) in [5.41, 5.74) is 0. The molecular weight excluding hydrogens is 292 g/mol. The molecule has 0 spiro atoms. The van der Waals surface area contributed by atoms with Crippen molar-refractivity contribution in [2.45, 2.75) is 51.9 Å². The molecule has 0 N–H and O–H groups in total. The van der Waals surface area contributed by atoms with Gasteiger partial charge in [0.2, 0.25) is 0 Å². The fourth-order valence-corrected chi connectivity index (χ4v) is 8.25. The van der Waals surface area contributed by atoms with E-state index in [1.165, 1.54) is 58.0 Å². The number of piperidine rings is 2. The summed E-state index contributed by atoms with van der Waals surface area (Å²) < 4.78 is 17.5. The quantitative estimate of drug-likeness (QED) is 0.742. The van der Waals surface area contributed by atoms with Gasteiger partial charge < -0.3 is 8.85 Å². The third-order valence-electron chi connectivity index (χ3n) is 6.41. The van der Waals surface area contributed by atoms with E-state index in [9.17, 15) is 0 Å². The first-order valence-electron chi connectivity index (χ1n) is 9.30. The highest BCUT2D eigenvalue weighted by Gasteiger charge is 2.53. The molecule has 2 atom stereocenters. The summed E-state index contributed by atoms with van der Waals surface area (Å²) in [6.45, 7) is 7.01. The van der Waals surface area contributed by atoms with E-state index >= 15 is 0 Å². The Hall–Kier alpha value is 0.0569. The number of nitrogens with zero attached hydrogens (tertiary/aromatic N) is 2. The van der Waals surface area contributed by atoms with Crippen molar-refractivity contribution in [1.29, 1.82) is 0 Å². The maximum absolute atomic E-state index is 6.15. The molecule has 22 heavy (non-hydrogen) atoms. The van der Waals surface area contributed by atoms with Gasteiger partial charge in [-0.05, 0) is 69.6 Å². The van der Waals surface area contributed by atoms with E-state index in [4.69, 9.17) is 8.85 Å². The van der Waals surface area contributed by atoms with E-state index in [1.54, 1.807) is 0 Å². The Morgan fingerprint density at radius 3 is 2.00 bits per heavy atom. The summed E-state index contributed by atoms with van der Waals surface area (Å²) >= 11 is 0. The standard InChI is InChI=1S/C17H34N2O2Si/c1-15-8-11-18(12-9-15)22(20-2,21-3)19-13-10-16-6-4-5-7-17(16)14-19/h15-17H,4-14H2,1-3H3. The van der Waals surface area contributed by atoms with Crippen molar-refractivity contribution in [2.24, 2.45) is 17.8 Å². The number of hydrogen-bond acceptors (Lipinski definition) is 4. The third kappa shape index (κ3) is 3.15. The zero-order valence-corrected chi connectivity index (χ0v) is 15.7. The van der Waals surface area contributed by atoms with E-state index in [0.717, 1.165) is 30.8 Å². The van der Waals surface area contributed by atoms with Crippen LogP contribution in [-0.2, 0) is 8.85 Å². The molecule has 4 nitrogen and oxygen atoms in total. The van der Waals surface area contributed by atoms with Crippen LogP contribution in [0.4, 0.5) is 0 Å². The minimum Gasteiger partial charge on any atom is -0.374 e. The Morgan fingerprint density at radius 1 is 0.773 bits per heavy atom. The predicted octanol–water partition coefficient (Wildman–Crippen LogP) is 2.96. The normalized spacial score (nSPS) is 32.9. The molecule has 3 fully saturated rings. The zero-order chi connectivity index (χ0) is 15.6. The van der Waals surface area contributed by atoms with E-state index in [2.05, 4.69) is 16.1 Å². The van der Waals surface area contributed by atoms with Crippen molar-refractivity contribution in [3.05, 3.63) is 0 Å². The molecule has 128 valence electrons. The van der Waals surface area contributed by atoms with Crippen LogP contribution in [0.3, 0.4) is 0 Å². The molecule has 0 aromatic carbocycles. The van der Waals surface area contributed by atoms with Crippen LogP contribution in [0.2, 0.25) is 0 Å². The summed E-state index contributed by atoms with van der Waals surface area (Å²) in [5.74, 6) is 2.69. The first-order chi connectivity index (χ1) is 10.7. The van der Waals surface area contributed by atoms with Crippen molar-refractivity contribution in [1.82, 2.24) is 9.13 Å². The van der Waals surface area contributed by atoms with Gasteiger partial charge in [0.25, 0.3) is 0 Å². The van der Waals surface area contributed by atoms with Crippen LogP contribution >= 0.6 is 0 Å². The molecule has 1 saturated carbocycles. The lowest BCUT2D eigenvalue weighted by molar-refractivity contribution is 0.0378. The lowest BCUT2D eigenvalue weighted by Crippen LogP contribution is -2.72. The molecule has 0 radical (unpaired) electrons. The Balaban J connectivity index is 1.72. The van der Waals surface area contributed by atoms with Crippen molar-refractivity contribution in [3.8, 4) is 0 Å². The topological polar surface area (TPSA) is 24.9 Å². The molecule has 2 aliphatic heterocycles. The fraction of sp³-hybridized carbons (Fsp3) is 1.00. The average molecular weight is 327 g/mol. The van der Waals surface area contributed by atoms with Gasteiger partial charge in [0.05, 0.1) is 0 Å². The molecule has 0 amide bonds. The van der Waals surface area contributed by atoms with Crippen LogP contribution in [0, 0.1) is 17.8 Å². The van der Waals surface area contributed by atoms with Crippen LogP contribution in [0.1, 0.15) is 51.9 Å². The van der Waals surface area contributed by atoms with Gasteiger partial charge in [-0.2, -0.15) is 0 Å². The van der Waals surface area contributed by atoms with Crippen molar-refractivity contribution in [3.63, 3.8) is 0 Å². The molecule has 3 rings (SSSR count). The minimum atomic E-state index is -2.38. The van der Waals surface area contributed by atoms with Crippen molar-refractivity contribution >= 4 is 8.88 Å². The maximum atomic E-state index is 6.15. The third-order valence-corrected chi connectivity index (χ3v) is 9.92. The van der Waals surface area contributed by atoms with Gasteiger partial charge in [0.15, 0.2) is 0 Å². The first-order valence-corrected chi connectivity index (χ1v) is 11.0. The van der Waals surface area contributed by atoms with Crippen LogP contribution in [-0.4, -0.2) is 58.4 Å². The smallest absolute Gasteiger partial charge is 0.374 e. The second kappa shape index (κ2) is 7.30. The van der Waals surface area contributed by atoms with E-state index in [-0.39, 0.29) is 0 Å². The molecule has 0 aromatic rings. The molecule has 2 heterocycles. The largest absolute Gasteiger partial charge is 0.521 e. The van der Waals surface area contributed by atoms with Gasteiger partial charge in [-0.3, -0.25) is 9.13 Å². The molecule has 3 aliphatic rings. The Kier molecular flexibility index (Phi) is 5.61. The molecule has 2 saturated heterocycles. The highest BCUT2D eigenvalue weighted by molar-refractivity contribution is 6.61. The van der Waals surface area contributed by atoms with Gasteiger partial charge in [-0.15, -0.1) is 0 Å². The van der Waals surface area contributed by atoms with E-state index < -0.39 is 8.88 Å². The fourth-order valence-electron chi connectivity index (χ4n) is 4.95. The average Bonchev–Trinajstić information content (AvgIpc) is 2.58. The molecular formula is C17H34N2O2Si. The Morgan fingerprint density at radius 2 is 1.36 bits per heavy atom. The minimum absolute atomic E-state index is 0.848. The Labute approximate surface area is 137 Å². The molecule has 0 aromatic heterocycles. The zero-order valence-electron chi connectivity index (χ0n) is 14.7. The number of rotatable bonds is 4. The number of fused-ring (bicyclic) bond motifs is 1. The number of hydrogen-bond donors (Lipinski definition) is 0. The molecule has 5 heteroatoms. The maximum Gasteiger partial charge on any atom is 0.521 e. The highest BCUT2D eigenvalue weighted by Crippen LogP contribution is 2.38. The summed E-state index contributed by atoms with van der Waals surface area (Å²) in [6, 6.07) is 0. The van der Waals surface area contributed by atoms with E-state index in [0.29, 0.717) is 0 Å². The monoisotopic (exact) mass is 326 g/mol. The summed E-state index contributed by atoms with van der Waals surface area (Å²) in [7, 11) is 1.37. The van der Waals surface area contributed by atoms with Gasteiger partial charge in [-0.1, -0.05) is 26.2 Å². The summed E-state index contributed by atoms with van der Waals surface area (Å²) in [5, 5.41) is 0. The molecule has 2 unspecified atom stereocenters. The molecule has 0 bridgehead atoms. The van der Waals surface area contributed by atoms with Gasteiger partial charge >= 0.3 is 8.88 Å². The predicted molar refractivity (Wildman–Crippen MR) is 91.4 cm³/mol. The van der Waals surface area contributed by atoms with Gasteiger partial charge in [0, 0.05) is 14.2 Å². The second-order valence-corrected chi connectivity index (χ2v) is 10.8. The van der Waals surface area contributed by atoms with Crippen molar-refractivity contribution < 1.29 is 8.85 Å². The van der Waals surface area contributed by atoms with Crippen LogP contribution in [0.25, 0.3) is 0 Å². The van der Waals surface area contributed by atoms with Gasteiger partial charge in [-0.25, -0.2) is 0 Å².